The number of sulfonamides is 1. The molecule has 0 saturated heterocycles. The molecule has 2 aromatic rings. The summed E-state index contributed by atoms with van der Waals surface area (Å²) in [5.74, 6) is 0.271. The van der Waals surface area contributed by atoms with Crippen LogP contribution < -0.4 is 18.9 Å². The van der Waals surface area contributed by atoms with Gasteiger partial charge in [0.1, 0.15) is 16.4 Å². The summed E-state index contributed by atoms with van der Waals surface area (Å²) in [7, 11) is 1.66. The number of nitrogens with zero attached hydrogens (tertiary/aromatic N) is 1. The summed E-state index contributed by atoms with van der Waals surface area (Å²) in [6.07, 6.45) is -0.0225. The van der Waals surface area contributed by atoms with Gasteiger partial charge in [-0.05, 0) is 41.8 Å². The Kier molecular flexibility index (Phi) is 6.61. The lowest BCUT2D eigenvalue weighted by Gasteiger charge is -2.36. The average molecular weight is 451 g/mol. The van der Waals surface area contributed by atoms with Crippen molar-refractivity contribution in [2.24, 2.45) is 0 Å². The van der Waals surface area contributed by atoms with E-state index in [1.54, 1.807) is 18.2 Å². The molecule has 0 spiro atoms. The molecule has 0 fully saturated rings. The van der Waals surface area contributed by atoms with Crippen molar-refractivity contribution in [2.45, 2.75) is 23.8 Å². The molecule has 1 heterocycles. The fourth-order valence-electron chi connectivity index (χ4n) is 3.78. The van der Waals surface area contributed by atoms with Gasteiger partial charge in [0.2, 0.25) is 10.0 Å². The van der Waals surface area contributed by atoms with Crippen LogP contribution in [0, 0.1) is 0 Å². The van der Waals surface area contributed by atoms with Crippen molar-refractivity contribution in [3.05, 3.63) is 41.5 Å². The Morgan fingerprint density at radius 2 is 1.65 bits per heavy atom. The molecule has 168 valence electrons. The summed E-state index contributed by atoms with van der Waals surface area (Å²) in [6, 6.07) is 6.95. The van der Waals surface area contributed by atoms with Crippen LogP contribution in [0.1, 0.15) is 23.6 Å². The molecule has 2 aromatic carbocycles. The molecule has 1 N–H and O–H groups in total. The number of fused-ring (bicyclic) bond motifs is 1. The topological polar surface area (TPSA) is 112 Å². The van der Waals surface area contributed by atoms with Gasteiger partial charge in [0.15, 0.2) is 11.5 Å². The molecule has 1 aliphatic rings. The third-order valence-electron chi connectivity index (χ3n) is 5.28. The van der Waals surface area contributed by atoms with Crippen molar-refractivity contribution in [3.8, 4) is 23.0 Å². The third kappa shape index (κ3) is 4.26. The van der Waals surface area contributed by atoms with Gasteiger partial charge in [-0.15, -0.1) is 0 Å². The van der Waals surface area contributed by atoms with Crippen molar-refractivity contribution >= 4 is 16.0 Å². The fraction of sp³-hybridized carbons (Fsp3) is 0.381. The molecule has 0 unspecified atom stereocenters. The molecule has 0 aromatic heterocycles. The van der Waals surface area contributed by atoms with E-state index < -0.39 is 28.5 Å². The van der Waals surface area contributed by atoms with Crippen LogP contribution in [-0.2, 0) is 21.2 Å². The van der Waals surface area contributed by atoms with Gasteiger partial charge < -0.3 is 24.1 Å². The van der Waals surface area contributed by atoms with Crippen LogP contribution in [0.3, 0.4) is 0 Å². The lowest BCUT2D eigenvalue weighted by Crippen LogP contribution is -2.41. The summed E-state index contributed by atoms with van der Waals surface area (Å²) in [5, 5.41) is 9.53. The molecule has 0 saturated carbocycles. The Hall–Kier alpha value is -2.98. The predicted octanol–water partition coefficient (Wildman–Crippen LogP) is 2.48. The van der Waals surface area contributed by atoms with Gasteiger partial charge >= 0.3 is 5.97 Å². The Bertz CT molecular complexity index is 1080. The van der Waals surface area contributed by atoms with Crippen LogP contribution in [0.2, 0.25) is 0 Å². The summed E-state index contributed by atoms with van der Waals surface area (Å²) < 4.78 is 49.6. The second-order valence-electron chi connectivity index (χ2n) is 6.90. The molecule has 0 radical (unpaired) electrons. The Balaban J connectivity index is 2.16. The highest BCUT2D eigenvalue weighted by Crippen LogP contribution is 2.43. The smallest absolute Gasteiger partial charge is 0.305 e. The van der Waals surface area contributed by atoms with Crippen molar-refractivity contribution in [1.29, 1.82) is 0 Å². The van der Waals surface area contributed by atoms with E-state index in [0.717, 1.165) is 5.56 Å². The lowest BCUT2D eigenvalue weighted by atomic mass is 9.92. The first-order chi connectivity index (χ1) is 14.8. The summed E-state index contributed by atoms with van der Waals surface area (Å²) >= 11 is 0. The van der Waals surface area contributed by atoms with E-state index in [1.807, 2.05) is 0 Å². The van der Waals surface area contributed by atoms with Crippen LogP contribution in [0.5, 0.6) is 23.0 Å². The van der Waals surface area contributed by atoms with Crippen LogP contribution in [0.4, 0.5) is 0 Å². The maximum atomic E-state index is 13.7. The van der Waals surface area contributed by atoms with Crippen LogP contribution in [0.15, 0.2) is 35.2 Å². The molecule has 10 heteroatoms. The minimum atomic E-state index is -4.12. The molecule has 0 aliphatic carbocycles. The molecule has 9 nitrogen and oxygen atoms in total. The van der Waals surface area contributed by atoms with E-state index in [-0.39, 0.29) is 17.2 Å². The molecule has 1 aliphatic heterocycles. The number of rotatable bonds is 8. The number of carboxylic acid groups (broad SMARTS) is 1. The highest BCUT2D eigenvalue weighted by atomic mass is 32.2. The Labute approximate surface area is 181 Å². The van der Waals surface area contributed by atoms with Crippen molar-refractivity contribution in [3.63, 3.8) is 0 Å². The quantitative estimate of drug-likeness (QED) is 0.652. The van der Waals surface area contributed by atoms with Crippen LogP contribution in [0.25, 0.3) is 0 Å². The van der Waals surface area contributed by atoms with Crippen molar-refractivity contribution in [2.75, 3.05) is 35.0 Å². The number of hydrogen-bond donors (Lipinski definition) is 1. The van der Waals surface area contributed by atoms with Gasteiger partial charge in [-0.2, -0.15) is 4.31 Å². The maximum Gasteiger partial charge on any atom is 0.305 e. The molecule has 0 amide bonds. The Morgan fingerprint density at radius 1 is 1.00 bits per heavy atom. The number of hydrogen-bond acceptors (Lipinski definition) is 7. The zero-order chi connectivity index (χ0) is 22.8. The normalized spacial score (nSPS) is 16.3. The standard InChI is InChI=1S/C21H25NO8S/c1-27-14-5-6-17(28-2)20(10-14)31(25,26)22-8-7-13-9-18(29-3)19(30-4)11-15(13)16(22)12-21(23)24/h5-6,9-11,16H,7-8,12H2,1-4H3,(H,23,24)/t16-/m1/s1. The third-order valence-corrected chi connectivity index (χ3v) is 7.21. The predicted molar refractivity (Wildman–Crippen MR) is 112 cm³/mol. The van der Waals surface area contributed by atoms with Gasteiger partial charge in [0.05, 0.1) is 40.9 Å². The number of carboxylic acids is 1. The largest absolute Gasteiger partial charge is 0.497 e. The van der Waals surface area contributed by atoms with Crippen molar-refractivity contribution < 1.29 is 37.3 Å². The molecular formula is C21H25NO8S. The maximum absolute atomic E-state index is 13.7. The van der Waals surface area contributed by atoms with Crippen LogP contribution in [-0.4, -0.2) is 58.8 Å². The number of aliphatic carboxylic acids is 1. The second kappa shape index (κ2) is 9.03. The minimum absolute atomic E-state index is 0.0892. The number of benzene rings is 2. The van der Waals surface area contributed by atoms with Gasteiger partial charge in [-0.1, -0.05) is 0 Å². The van der Waals surface area contributed by atoms with E-state index in [2.05, 4.69) is 0 Å². The van der Waals surface area contributed by atoms with E-state index in [1.165, 1.54) is 44.9 Å². The highest BCUT2D eigenvalue weighted by Gasteiger charge is 2.39. The molecule has 31 heavy (non-hydrogen) atoms. The SMILES string of the molecule is COc1ccc(OC)c(S(=O)(=O)N2CCc3cc(OC)c(OC)cc3[C@H]2CC(=O)O)c1. The fourth-order valence-corrected chi connectivity index (χ4v) is 5.56. The monoisotopic (exact) mass is 451 g/mol. The first kappa shape index (κ1) is 22.7. The average Bonchev–Trinajstić information content (AvgIpc) is 2.77. The van der Waals surface area contributed by atoms with E-state index in [9.17, 15) is 18.3 Å². The van der Waals surface area contributed by atoms with E-state index in [0.29, 0.717) is 29.2 Å². The minimum Gasteiger partial charge on any atom is -0.497 e. The molecule has 0 bridgehead atoms. The van der Waals surface area contributed by atoms with E-state index in [4.69, 9.17) is 18.9 Å². The molecule has 1 atom stereocenters. The van der Waals surface area contributed by atoms with Crippen molar-refractivity contribution in [1.82, 2.24) is 4.31 Å². The second-order valence-corrected chi connectivity index (χ2v) is 8.76. The van der Waals surface area contributed by atoms with E-state index >= 15 is 0 Å². The molecular weight excluding hydrogens is 426 g/mol. The Morgan fingerprint density at radius 3 is 2.23 bits per heavy atom. The van der Waals surface area contributed by atoms with Gasteiger partial charge in [-0.3, -0.25) is 4.79 Å². The van der Waals surface area contributed by atoms with Gasteiger partial charge in [0.25, 0.3) is 0 Å². The first-order valence-electron chi connectivity index (χ1n) is 9.47. The molecule has 3 rings (SSSR count). The number of ether oxygens (including phenoxy) is 4. The zero-order valence-electron chi connectivity index (χ0n) is 17.7. The summed E-state index contributed by atoms with van der Waals surface area (Å²) in [5.41, 5.74) is 1.38. The highest BCUT2D eigenvalue weighted by molar-refractivity contribution is 7.89. The summed E-state index contributed by atoms with van der Waals surface area (Å²) in [6.45, 7) is 0.100. The zero-order valence-corrected chi connectivity index (χ0v) is 18.6. The number of methoxy groups -OCH3 is 4. The first-order valence-corrected chi connectivity index (χ1v) is 10.9. The van der Waals surface area contributed by atoms with Gasteiger partial charge in [0, 0.05) is 12.6 Å². The van der Waals surface area contributed by atoms with Crippen LogP contribution >= 0.6 is 0 Å². The number of carbonyl (C=O) groups is 1. The summed E-state index contributed by atoms with van der Waals surface area (Å²) in [4.78, 5) is 11.6. The lowest BCUT2D eigenvalue weighted by molar-refractivity contribution is -0.138. The van der Waals surface area contributed by atoms with Gasteiger partial charge in [-0.25, -0.2) is 8.42 Å².